The molecule has 0 aliphatic rings. The molecule has 0 N–H and O–H groups in total. The van der Waals surface area contributed by atoms with E-state index in [0.717, 1.165) is 15.6 Å². The fourth-order valence-electron chi connectivity index (χ4n) is 2.23. The van der Waals surface area contributed by atoms with Crippen molar-refractivity contribution in [3.63, 3.8) is 0 Å². The zero-order chi connectivity index (χ0) is 14.4. The molecule has 0 spiro atoms. The lowest BCUT2D eigenvalue weighted by Crippen LogP contribution is -2.02. The van der Waals surface area contributed by atoms with Gasteiger partial charge in [-0.25, -0.2) is 9.78 Å². The van der Waals surface area contributed by atoms with Crippen LogP contribution in [0.5, 0.6) is 0 Å². The molecule has 0 radical (unpaired) electrons. The van der Waals surface area contributed by atoms with E-state index in [-0.39, 0.29) is 5.63 Å². The van der Waals surface area contributed by atoms with Gasteiger partial charge in [-0.3, -0.25) is 0 Å². The molecule has 0 saturated heterocycles. The van der Waals surface area contributed by atoms with Gasteiger partial charge >= 0.3 is 5.63 Å². The Morgan fingerprint density at radius 1 is 1.10 bits per heavy atom. The van der Waals surface area contributed by atoms with E-state index in [0.29, 0.717) is 21.2 Å². The van der Waals surface area contributed by atoms with Crippen LogP contribution in [0.15, 0.2) is 57.7 Å². The van der Waals surface area contributed by atoms with Gasteiger partial charge in [0.15, 0.2) is 0 Å². The molecule has 0 saturated carbocycles. The first-order valence-electron chi connectivity index (χ1n) is 6.30. The maximum absolute atomic E-state index is 12.2. The van der Waals surface area contributed by atoms with E-state index in [2.05, 4.69) is 4.98 Å². The molecule has 4 rings (SSSR count). The molecule has 2 aromatic carbocycles. The van der Waals surface area contributed by atoms with E-state index >= 15 is 0 Å². The van der Waals surface area contributed by atoms with Crippen LogP contribution in [0.25, 0.3) is 31.8 Å². The second-order valence-corrected chi connectivity index (χ2v) is 6.08. The van der Waals surface area contributed by atoms with Crippen molar-refractivity contribution in [3.05, 3.63) is 64.0 Å². The Morgan fingerprint density at radius 2 is 1.95 bits per heavy atom. The summed E-state index contributed by atoms with van der Waals surface area (Å²) in [6.45, 7) is 0. The summed E-state index contributed by atoms with van der Waals surface area (Å²) in [6.07, 6.45) is 0. The molecule has 0 aliphatic carbocycles. The second-order valence-electron chi connectivity index (χ2n) is 4.62. The topological polar surface area (TPSA) is 43.1 Å². The van der Waals surface area contributed by atoms with Crippen molar-refractivity contribution in [2.45, 2.75) is 0 Å². The summed E-state index contributed by atoms with van der Waals surface area (Å²) in [5, 5.41) is 2.15. The number of aromatic nitrogens is 1. The predicted octanol–water partition coefficient (Wildman–Crippen LogP) is 4.72. The number of hydrogen-bond donors (Lipinski definition) is 0. The minimum absolute atomic E-state index is 0.376. The molecule has 0 aliphatic heterocycles. The number of para-hydroxylation sites is 1. The molecule has 0 unspecified atom stereocenters. The Hall–Kier alpha value is -2.17. The number of halogens is 1. The number of fused-ring (bicyclic) bond motifs is 2. The third kappa shape index (κ3) is 2.13. The lowest BCUT2D eigenvalue weighted by Gasteiger charge is -1.98. The lowest BCUT2D eigenvalue weighted by molar-refractivity contribution is 0.563. The second kappa shape index (κ2) is 4.69. The Labute approximate surface area is 128 Å². The molecule has 3 nitrogen and oxygen atoms in total. The van der Waals surface area contributed by atoms with E-state index in [1.807, 2.05) is 36.4 Å². The Kier molecular flexibility index (Phi) is 2.80. The maximum Gasteiger partial charge on any atom is 0.346 e. The quantitative estimate of drug-likeness (QED) is 0.477. The van der Waals surface area contributed by atoms with Crippen LogP contribution in [0.1, 0.15) is 0 Å². The summed E-state index contributed by atoms with van der Waals surface area (Å²) < 4.78 is 6.34. The van der Waals surface area contributed by atoms with Gasteiger partial charge in [0.25, 0.3) is 0 Å². The van der Waals surface area contributed by atoms with E-state index in [1.165, 1.54) is 11.3 Å². The van der Waals surface area contributed by atoms with Crippen LogP contribution in [0.3, 0.4) is 0 Å². The predicted molar refractivity (Wildman–Crippen MR) is 86.1 cm³/mol. The number of nitrogens with zero attached hydrogens (tertiary/aromatic N) is 1. The van der Waals surface area contributed by atoms with Gasteiger partial charge in [0, 0.05) is 10.4 Å². The van der Waals surface area contributed by atoms with Crippen molar-refractivity contribution in [1.82, 2.24) is 4.98 Å². The highest BCUT2D eigenvalue weighted by atomic mass is 35.5. The number of hydrogen-bond acceptors (Lipinski definition) is 4. The summed E-state index contributed by atoms with van der Waals surface area (Å²) in [7, 11) is 0. The van der Waals surface area contributed by atoms with Crippen LogP contribution < -0.4 is 5.63 Å². The molecular weight excluding hydrogens is 306 g/mol. The van der Waals surface area contributed by atoms with Gasteiger partial charge in [0.05, 0.1) is 15.8 Å². The number of thiazole rings is 1. The average molecular weight is 314 g/mol. The standard InChI is InChI=1S/C16H8ClNO2S/c17-10-5-6-14-12(8-10)18-15(21-14)11-7-9-3-1-2-4-13(9)20-16(11)19/h1-8H. The molecule has 0 amide bonds. The fourth-order valence-corrected chi connectivity index (χ4v) is 3.34. The van der Waals surface area contributed by atoms with E-state index in [4.69, 9.17) is 16.0 Å². The summed E-state index contributed by atoms with van der Waals surface area (Å²) in [4.78, 5) is 16.6. The summed E-state index contributed by atoms with van der Waals surface area (Å²) >= 11 is 7.42. The van der Waals surface area contributed by atoms with Gasteiger partial charge in [-0.2, -0.15) is 0 Å². The molecule has 0 bridgehead atoms. The first kappa shape index (κ1) is 12.6. The van der Waals surface area contributed by atoms with Crippen molar-refractivity contribution in [2.75, 3.05) is 0 Å². The van der Waals surface area contributed by atoms with Crippen molar-refractivity contribution in [3.8, 4) is 10.6 Å². The van der Waals surface area contributed by atoms with Gasteiger partial charge in [0.2, 0.25) is 0 Å². The highest BCUT2D eigenvalue weighted by Crippen LogP contribution is 2.31. The SMILES string of the molecule is O=c1oc2ccccc2cc1-c1nc2cc(Cl)ccc2s1. The molecular formula is C16H8ClNO2S. The van der Waals surface area contributed by atoms with E-state index in [9.17, 15) is 4.79 Å². The Bertz CT molecular complexity index is 1040. The van der Waals surface area contributed by atoms with Gasteiger partial charge in [-0.15, -0.1) is 11.3 Å². The largest absolute Gasteiger partial charge is 0.422 e. The first-order valence-corrected chi connectivity index (χ1v) is 7.49. The van der Waals surface area contributed by atoms with Crippen molar-refractivity contribution >= 4 is 44.1 Å². The molecule has 2 heterocycles. The van der Waals surface area contributed by atoms with Crippen molar-refractivity contribution in [2.24, 2.45) is 0 Å². The molecule has 4 aromatic rings. The summed E-state index contributed by atoms with van der Waals surface area (Å²) in [5.74, 6) is 0. The van der Waals surface area contributed by atoms with Gasteiger partial charge in [0.1, 0.15) is 10.6 Å². The zero-order valence-corrected chi connectivity index (χ0v) is 12.2. The van der Waals surface area contributed by atoms with E-state index < -0.39 is 0 Å². The first-order chi connectivity index (χ1) is 10.2. The van der Waals surface area contributed by atoms with Crippen molar-refractivity contribution < 1.29 is 4.42 Å². The van der Waals surface area contributed by atoms with Crippen LogP contribution in [0, 0.1) is 0 Å². The summed E-state index contributed by atoms with van der Waals surface area (Å²) in [6, 6.07) is 14.8. The lowest BCUT2D eigenvalue weighted by atomic mass is 10.2. The smallest absolute Gasteiger partial charge is 0.346 e. The van der Waals surface area contributed by atoms with Crippen LogP contribution in [-0.4, -0.2) is 4.98 Å². The fraction of sp³-hybridized carbons (Fsp3) is 0. The normalized spacial score (nSPS) is 11.3. The van der Waals surface area contributed by atoms with Gasteiger partial charge in [-0.05, 0) is 30.3 Å². The molecule has 102 valence electrons. The number of rotatable bonds is 1. The molecule has 0 fully saturated rings. The van der Waals surface area contributed by atoms with Gasteiger partial charge < -0.3 is 4.42 Å². The van der Waals surface area contributed by atoms with Crippen LogP contribution in [0.2, 0.25) is 5.02 Å². The molecule has 2 aromatic heterocycles. The van der Waals surface area contributed by atoms with Crippen molar-refractivity contribution in [1.29, 1.82) is 0 Å². The minimum atomic E-state index is -0.376. The third-order valence-electron chi connectivity index (χ3n) is 3.22. The molecule has 0 atom stereocenters. The molecule has 5 heteroatoms. The zero-order valence-electron chi connectivity index (χ0n) is 10.7. The molecule has 21 heavy (non-hydrogen) atoms. The van der Waals surface area contributed by atoms with Crippen LogP contribution >= 0.6 is 22.9 Å². The Balaban J connectivity index is 1.99. The number of benzene rings is 2. The monoisotopic (exact) mass is 313 g/mol. The summed E-state index contributed by atoms with van der Waals surface area (Å²) in [5.41, 5.74) is 1.47. The van der Waals surface area contributed by atoms with Crippen LogP contribution in [0.4, 0.5) is 0 Å². The minimum Gasteiger partial charge on any atom is -0.422 e. The van der Waals surface area contributed by atoms with E-state index in [1.54, 1.807) is 12.1 Å². The highest BCUT2D eigenvalue weighted by molar-refractivity contribution is 7.21. The maximum atomic E-state index is 12.2. The average Bonchev–Trinajstić information content (AvgIpc) is 2.89. The third-order valence-corrected chi connectivity index (χ3v) is 4.53. The van der Waals surface area contributed by atoms with Gasteiger partial charge in [-0.1, -0.05) is 29.8 Å². The van der Waals surface area contributed by atoms with Crippen LogP contribution in [-0.2, 0) is 0 Å². The highest BCUT2D eigenvalue weighted by Gasteiger charge is 2.12. The Morgan fingerprint density at radius 3 is 2.86 bits per heavy atom.